The van der Waals surface area contributed by atoms with Gasteiger partial charge in [0.1, 0.15) is 5.60 Å². The van der Waals surface area contributed by atoms with Crippen LogP contribution in [-0.4, -0.2) is 39.1 Å². The van der Waals surface area contributed by atoms with Gasteiger partial charge in [0.05, 0.1) is 4.90 Å². The fourth-order valence-electron chi connectivity index (χ4n) is 2.03. The zero-order valence-corrected chi connectivity index (χ0v) is 16.2. The smallest absolute Gasteiger partial charge is 0.407 e. The highest BCUT2D eigenvalue weighted by Crippen LogP contribution is 2.09. The Hall–Kier alpha value is -2.13. The molecule has 0 spiro atoms. The summed E-state index contributed by atoms with van der Waals surface area (Å²) in [5.74, 6) is -0.114. The second kappa shape index (κ2) is 9.54. The molecule has 0 atom stereocenters. The number of nitrogens with two attached hydrogens (primary N) is 1. The molecular weight excluding hydrogens is 358 g/mol. The normalized spacial score (nSPS) is 11.7. The molecule has 1 rings (SSSR count). The molecule has 8 nitrogen and oxygen atoms in total. The van der Waals surface area contributed by atoms with E-state index in [9.17, 15) is 18.0 Å². The van der Waals surface area contributed by atoms with Crippen molar-refractivity contribution in [2.24, 2.45) is 5.14 Å². The molecule has 0 aromatic heterocycles. The van der Waals surface area contributed by atoms with Crippen LogP contribution in [0.3, 0.4) is 0 Å². The highest BCUT2D eigenvalue weighted by atomic mass is 32.2. The quantitative estimate of drug-likeness (QED) is 0.581. The number of rotatable bonds is 8. The molecule has 1 aromatic carbocycles. The van der Waals surface area contributed by atoms with Gasteiger partial charge in [-0.3, -0.25) is 4.79 Å². The number of primary sulfonamides is 1. The van der Waals surface area contributed by atoms with Crippen molar-refractivity contribution in [2.75, 3.05) is 13.1 Å². The van der Waals surface area contributed by atoms with E-state index in [0.717, 1.165) is 5.56 Å². The number of amides is 2. The lowest BCUT2D eigenvalue weighted by molar-refractivity contribution is -0.121. The molecule has 0 bridgehead atoms. The van der Waals surface area contributed by atoms with Crippen LogP contribution in [0.5, 0.6) is 0 Å². The average Bonchev–Trinajstić information content (AvgIpc) is 2.49. The van der Waals surface area contributed by atoms with Crippen molar-refractivity contribution in [2.45, 2.75) is 50.5 Å². The first-order valence-electron chi connectivity index (χ1n) is 8.33. The molecule has 0 radical (unpaired) electrons. The minimum Gasteiger partial charge on any atom is -0.444 e. The van der Waals surface area contributed by atoms with Crippen LogP contribution < -0.4 is 15.8 Å². The van der Waals surface area contributed by atoms with Crippen molar-refractivity contribution in [1.82, 2.24) is 10.6 Å². The van der Waals surface area contributed by atoms with Gasteiger partial charge < -0.3 is 15.4 Å². The van der Waals surface area contributed by atoms with Gasteiger partial charge in [-0.1, -0.05) is 12.1 Å². The molecule has 146 valence electrons. The van der Waals surface area contributed by atoms with Gasteiger partial charge in [-0.05, 0) is 51.3 Å². The molecule has 0 aliphatic carbocycles. The van der Waals surface area contributed by atoms with Crippen molar-refractivity contribution < 1.29 is 22.7 Å². The predicted molar refractivity (Wildman–Crippen MR) is 98.0 cm³/mol. The van der Waals surface area contributed by atoms with Crippen LogP contribution in [0.15, 0.2) is 29.2 Å². The molecule has 26 heavy (non-hydrogen) atoms. The Labute approximate surface area is 154 Å². The molecule has 1 aromatic rings. The fraction of sp³-hybridized carbons (Fsp3) is 0.529. The standard InChI is InChI=1S/C17H27N3O5S/c1-17(2,3)25-16(22)20-11-4-5-15(21)19-12-10-13-6-8-14(9-7-13)26(18,23)24/h6-9H,4-5,10-12H2,1-3H3,(H,19,21)(H,20,22)(H2,18,23,24). The molecule has 0 aliphatic heterocycles. The summed E-state index contributed by atoms with van der Waals surface area (Å²) in [6.07, 6.45) is 0.877. The Bertz CT molecular complexity index is 709. The molecule has 0 saturated heterocycles. The van der Waals surface area contributed by atoms with Crippen LogP contribution in [0.2, 0.25) is 0 Å². The summed E-state index contributed by atoms with van der Waals surface area (Å²) in [5.41, 5.74) is 0.345. The maximum Gasteiger partial charge on any atom is 0.407 e. The van der Waals surface area contributed by atoms with Crippen LogP contribution >= 0.6 is 0 Å². The van der Waals surface area contributed by atoms with E-state index in [4.69, 9.17) is 9.88 Å². The lowest BCUT2D eigenvalue weighted by atomic mass is 10.1. The van der Waals surface area contributed by atoms with Gasteiger partial charge in [0.2, 0.25) is 15.9 Å². The monoisotopic (exact) mass is 385 g/mol. The van der Waals surface area contributed by atoms with Gasteiger partial charge in [-0.15, -0.1) is 0 Å². The van der Waals surface area contributed by atoms with Crippen molar-refractivity contribution in [1.29, 1.82) is 0 Å². The highest BCUT2D eigenvalue weighted by molar-refractivity contribution is 7.89. The molecule has 9 heteroatoms. The second-order valence-corrected chi connectivity index (χ2v) is 8.38. The van der Waals surface area contributed by atoms with Gasteiger partial charge in [0.25, 0.3) is 0 Å². The van der Waals surface area contributed by atoms with Crippen LogP contribution in [0.4, 0.5) is 4.79 Å². The minimum atomic E-state index is -3.69. The summed E-state index contributed by atoms with van der Waals surface area (Å²) in [6, 6.07) is 6.21. The van der Waals surface area contributed by atoms with E-state index < -0.39 is 21.7 Å². The summed E-state index contributed by atoms with van der Waals surface area (Å²) in [5, 5.41) is 10.4. The number of alkyl carbamates (subject to hydrolysis) is 1. The van der Waals surface area contributed by atoms with Crippen LogP contribution in [-0.2, 0) is 26.0 Å². The number of carbonyl (C=O) groups excluding carboxylic acids is 2. The molecule has 0 heterocycles. The summed E-state index contributed by atoms with van der Waals surface area (Å²) in [7, 11) is -3.69. The lowest BCUT2D eigenvalue weighted by Gasteiger charge is -2.19. The maximum atomic E-state index is 11.7. The van der Waals surface area contributed by atoms with E-state index in [0.29, 0.717) is 32.4 Å². The van der Waals surface area contributed by atoms with Crippen molar-refractivity contribution >= 4 is 22.0 Å². The Morgan fingerprint density at radius 3 is 2.23 bits per heavy atom. The molecule has 0 unspecified atom stereocenters. The second-order valence-electron chi connectivity index (χ2n) is 6.82. The third-order valence-electron chi connectivity index (χ3n) is 3.24. The van der Waals surface area contributed by atoms with Gasteiger partial charge in [0.15, 0.2) is 0 Å². The average molecular weight is 385 g/mol. The molecule has 4 N–H and O–H groups in total. The molecule has 0 saturated carbocycles. The molecule has 0 aliphatic rings. The first-order chi connectivity index (χ1) is 12.0. The lowest BCUT2D eigenvalue weighted by Crippen LogP contribution is -2.33. The van der Waals surface area contributed by atoms with Gasteiger partial charge >= 0.3 is 6.09 Å². The Balaban J connectivity index is 2.20. The number of sulfonamides is 1. The largest absolute Gasteiger partial charge is 0.444 e. The van der Waals surface area contributed by atoms with E-state index >= 15 is 0 Å². The van der Waals surface area contributed by atoms with E-state index in [-0.39, 0.29) is 10.8 Å². The van der Waals surface area contributed by atoms with E-state index in [1.807, 2.05) is 0 Å². The first-order valence-corrected chi connectivity index (χ1v) is 9.87. The van der Waals surface area contributed by atoms with Gasteiger partial charge in [-0.25, -0.2) is 18.4 Å². The number of hydrogen-bond acceptors (Lipinski definition) is 5. The van der Waals surface area contributed by atoms with Crippen LogP contribution in [0.1, 0.15) is 39.2 Å². The number of ether oxygens (including phenoxy) is 1. The topological polar surface area (TPSA) is 128 Å². The van der Waals surface area contributed by atoms with Crippen LogP contribution in [0.25, 0.3) is 0 Å². The van der Waals surface area contributed by atoms with E-state index in [1.54, 1.807) is 32.9 Å². The summed E-state index contributed by atoms with van der Waals surface area (Å²) >= 11 is 0. The Morgan fingerprint density at radius 2 is 1.69 bits per heavy atom. The molecule has 2 amide bonds. The summed E-state index contributed by atoms with van der Waals surface area (Å²) in [4.78, 5) is 23.2. The number of hydrogen-bond donors (Lipinski definition) is 3. The Kier molecular flexibility index (Phi) is 8.04. The SMILES string of the molecule is CC(C)(C)OC(=O)NCCCC(=O)NCCc1ccc(S(N)(=O)=O)cc1. The van der Waals surface area contributed by atoms with Crippen molar-refractivity contribution in [3.8, 4) is 0 Å². The van der Waals surface area contributed by atoms with E-state index in [2.05, 4.69) is 10.6 Å². The van der Waals surface area contributed by atoms with Crippen molar-refractivity contribution in [3.05, 3.63) is 29.8 Å². The molecular formula is C17H27N3O5S. The van der Waals surface area contributed by atoms with E-state index in [1.165, 1.54) is 12.1 Å². The van der Waals surface area contributed by atoms with Crippen molar-refractivity contribution in [3.63, 3.8) is 0 Å². The highest BCUT2D eigenvalue weighted by Gasteiger charge is 2.15. The number of nitrogens with one attached hydrogen (secondary N) is 2. The zero-order chi connectivity index (χ0) is 19.8. The molecule has 0 fully saturated rings. The fourth-order valence-corrected chi connectivity index (χ4v) is 2.55. The third-order valence-corrected chi connectivity index (χ3v) is 4.17. The Morgan fingerprint density at radius 1 is 1.08 bits per heavy atom. The van der Waals surface area contributed by atoms with Crippen LogP contribution in [0, 0.1) is 0 Å². The number of carbonyl (C=O) groups is 2. The van der Waals surface area contributed by atoms with Gasteiger partial charge in [0, 0.05) is 19.5 Å². The summed E-state index contributed by atoms with van der Waals surface area (Å²) < 4.78 is 27.4. The third kappa shape index (κ3) is 9.38. The zero-order valence-electron chi connectivity index (χ0n) is 15.4. The minimum absolute atomic E-state index is 0.0581. The first kappa shape index (κ1) is 21.9. The summed E-state index contributed by atoms with van der Waals surface area (Å²) in [6.45, 7) is 6.14. The predicted octanol–water partition coefficient (Wildman–Crippen LogP) is 1.30. The number of benzene rings is 1. The maximum absolute atomic E-state index is 11.7. The van der Waals surface area contributed by atoms with Gasteiger partial charge in [-0.2, -0.15) is 0 Å².